The monoisotopic (exact) mass is 431 g/mol. The van der Waals surface area contributed by atoms with Crippen molar-refractivity contribution in [2.45, 2.75) is 45.9 Å². The third-order valence-electron chi connectivity index (χ3n) is 5.60. The van der Waals surface area contributed by atoms with E-state index in [2.05, 4.69) is 24.1 Å². The first-order valence-electron chi connectivity index (χ1n) is 10.1. The summed E-state index contributed by atoms with van der Waals surface area (Å²) in [5, 5.41) is 2.76. The number of rotatable bonds is 5. The summed E-state index contributed by atoms with van der Waals surface area (Å²) in [5.41, 5.74) is 2.58. The second-order valence-corrected chi connectivity index (χ2v) is 10.4. The summed E-state index contributed by atoms with van der Waals surface area (Å²) in [6.07, 6.45) is 1.03. The first-order valence-corrected chi connectivity index (χ1v) is 11.6. The topological polar surface area (TPSA) is 99.3 Å². The highest BCUT2D eigenvalue weighted by Gasteiger charge is 2.31. The Bertz CT molecular complexity index is 1060. The van der Waals surface area contributed by atoms with Gasteiger partial charge in [-0.05, 0) is 68.9 Å². The number of nitrogens with zero attached hydrogens (tertiary/aromatic N) is 1. The largest absolute Gasteiger partial charge is 0.354 e. The van der Waals surface area contributed by atoms with Crippen molar-refractivity contribution in [1.82, 2.24) is 9.29 Å². The molecule has 2 heterocycles. The molecule has 0 aliphatic carbocycles. The fourth-order valence-corrected chi connectivity index (χ4v) is 6.04. The van der Waals surface area contributed by atoms with E-state index in [0.29, 0.717) is 53.1 Å². The van der Waals surface area contributed by atoms with Crippen LogP contribution in [0.15, 0.2) is 29.2 Å². The zero-order valence-electron chi connectivity index (χ0n) is 18.1. The lowest BCUT2D eigenvalue weighted by Crippen LogP contribution is -2.42. The molecule has 0 saturated carbocycles. The maximum Gasteiger partial charge on any atom is 0.272 e. The first kappa shape index (κ1) is 22.2. The zero-order chi connectivity index (χ0) is 22.2. The van der Waals surface area contributed by atoms with Crippen LogP contribution in [0, 0.1) is 25.7 Å². The Morgan fingerprint density at radius 1 is 1.07 bits per heavy atom. The highest BCUT2D eigenvalue weighted by Crippen LogP contribution is 2.27. The van der Waals surface area contributed by atoms with E-state index >= 15 is 0 Å². The van der Waals surface area contributed by atoms with Gasteiger partial charge in [-0.3, -0.25) is 9.59 Å². The van der Waals surface area contributed by atoms with Crippen LogP contribution in [0.5, 0.6) is 0 Å². The Hall–Kier alpha value is -2.45. The van der Waals surface area contributed by atoms with E-state index in [1.165, 1.54) is 19.1 Å². The average Bonchev–Trinajstić information content (AvgIpc) is 2.96. The number of benzene rings is 1. The van der Waals surface area contributed by atoms with Crippen LogP contribution in [-0.4, -0.2) is 42.5 Å². The van der Waals surface area contributed by atoms with E-state index in [1.807, 2.05) is 0 Å². The summed E-state index contributed by atoms with van der Waals surface area (Å²) in [5.74, 6) is 0.178. The fraction of sp³-hybridized carbons (Fsp3) is 0.455. The summed E-state index contributed by atoms with van der Waals surface area (Å²) in [7, 11) is -3.57. The molecule has 0 bridgehead atoms. The number of amides is 1. The van der Waals surface area contributed by atoms with Crippen molar-refractivity contribution in [3.05, 3.63) is 46.8 Å². The summed E-state index contributed by atoms with van der Waals surface area (Å²) in [6.45, 7) is 10.1. The van der Waals surface area contributed by atoms with Crippen LogP contribution < -0.4 is 5.32 Å². The third kappa shape index (κ3) is 4.34. The van der Waals surface area contributed by atoms with Crippen LogP contribution in [0.1, 0.15) is 59.3 Å². The lowest BCUT2D eigenvalue weighted by atomic mass is 9.94. The summed E-state index contributed by atoms with van der Waals surface area (Å²) in [6, 6.07) is 6.20. The molecule has 2 aromatic rings. The number of sulfonamides is 1. The number of anilines is 1. The molecule has 1 saturated heterocycles. The molecule has 0 unspecified atom stereocenters. The van der Waals surface area contributed by atoms with Gasteiger partial charge in [-0.1, -0.05) is 13.8 Å². The third-order valence-corrected chi connectivity index (χ3v) is 7.45. The van der Waals surface area contributed by atoms with Gasteiger partial charge in [0.15, 0.2) is 5.78 Å². The number of aromatic nitrogens is 1. The Morgan fingerprint density at radius 2 is 1.63 bits per heavy atom. The van der Waals surface area contributed by atoms with E-state index < -0.39 is 10.0 Å². The quantitative estimate of drug-likeness (QED) is 0.704. The van der Waals surface area contributed by atoms with Gasteiger partial charge in [0.2, 0.25) is 10.0 Å². The second kappa shape index (κ2) is 8.35. The summed E-state index contributed by atoms with van der Waals surface area (Å²) in [4.78, 5) is 27.6. The predicted molar refractivity (Wildman–Crippen MR) is 116 cm³/mol. The molecule has 1 amide bonds. The molecule has 2 atom stereocenters. The van der Waals surface area contributed by atoms with Crippen LogP contribution >= 0.6 is 0 Å². The van der Waals surface area contributed by atoms with Gasteiger partial charge >= 0.3 is 0 Å². The predicted octanol–water partition coefficient (Wildman–Crippen LogP) is 3.75. The molecule has 1 fully saturated rings. The molecule has 1 aromatic carbocycles. The molecule has 1 aliphatic heterocycles. The Morgan fingerprint density at radius 3 is 2.13 bits per heavy atom. The lowest BCUT2D eigenvalue weighted by Gasteiger charge is -2.34. The average molecular weight is 432 g/mol. The highest BCUT2D eigenvalue weighted by molar-refractivity contribution is 7.89. The lowest BCUT2D eigenvalue weighted by molar-refractivity contribution is 0.101. The molecule has 1 aliphatic rings. The van der Waals surface area contributed by atoms with E-state index in [-0.39, 0.29) is 16.6 Å². The van der Waals surface area contributed by atoms with Crippen molar-refractivity contribution < 1.29 is 18.0 Å². The number of carbonyl (C=O) groups excluding carboxylic acids is 2. The maximum absolute atomic E-state index is 13.0. The molecule has 3 rings (SSSR count). The van der Waals surface area contributed by atoms with Crippen molar-refractivity contribution in [3.63, 3.8) is 0 Å². The van der Waals surface area contributed by atoms with Gasteiger partial charge < -0.3 is 10.3 Å². The number of nitrogens with one attached hydrogen (secondary N) is 2. The fourth-order valence-electron chi connectivity index (χ4n) is 4.36. The molecule has 1 aromatic heterocycles. The van der Waals surface area contributed by atoms with Gasteiger partial charge in [-0.2, -0.15) is 4.31 Å². The number of hydrogen-bond donors (Lipinski definition) is 2. The van der Waals surface area contributed by atoms with Gasteiger partial charge in [0.1, 0.15) is 5.69 Å². The Kier molecular flexibility index (Phi) is 6.19. The minimum Gasteiger partial charge on any atom is -0.354 e. The van der Waals surface area contributed by atoms with E-state index in [0.717, 1.165) is 6.42 Å². The summed E-state index contributed by atoms with van der Waals surface area (Å²) >= 11 is 0. The number of Topliss-reactive ketones (excluding diaryl/α,β-unsaturated/α-hetero) is 1. The number of hydrogen-bond acceptors (Lipinski definition) is 4. The van der Waals surface area contributed by atoms with Gasteiger partial charge in [0, 0.05) is 30.0 Å². The van der Waals surface area contributed by atoms with Gasteiger partial charge in [-0.25, -0.2) is 8.42 Å². The maximum atomic E-state index is 13.0. The number of ketones is 1. The molecule has 7 nitrogen and oxygen atoms in total. The van der Waals surface area contributed by atoms with Crippen molar-refractivity contribution >= 4 is 27.4 Å². The highest BCUT2D eigenvalue weighted by atomic mass is 32.2. The Labute approximate surface area is 177 Å². The minimum absolute atomic E-state index is 0.101. The van der Waals surface area contributed by atoms with Crippen LogP contribution in [0.3, 0.4) is 0 Å². The Balaban J connectivity index is 1.77. The number of piperidine rings is 1. The van der Waals surface area contributed by atoms with Crippen molar-refractivity contribution in [3.8, 4) is 0 Å². The van der Waals surface area contributed by atoms with Gasteiger partial charge in [0.25, 0.3) is 5.91 Å². The molecule has 2 N–H and O–H groups in total. The molecule has 8 heteroatoms. The van der Waals surface area contributed by atoms with Crippen LogP contribution in [-0.2, 0) is 10.0 Å². The number of aryl methyl sites for hydroxylation is 1. The number of aromatic amines is 1. The molecule has 0 radical (unpaired) electrons. The number of H-pyrrole nitrogens is 1. The number of carbonyl (C=O) groups is 2. The van der Waals surface area contributed by atoms with E-state index in [9.17, 15) is 18.0 Å². The van der Waals surface area contributed by atoms with E-state index in [1.54, 1.807) is 30.3 Å². The van der Waals surface area contributed by atoms with Crippen molar-refractivity contribution in [2.75, 3.05) is 18.4 Å². The van der Waals surface area contributed by atoms with Crippen LogP contribution in [0.2, 0.25) is 0 Å². The van der Waals surface area contributed by atoms with Crippen LogP contribution in [0.25, 0.3) is 0 Å². The standard InChI is InChI=1S/C22H29N3O4S/c1-13-10-14(2)12-25(11-13)30(28,29)19-8-6-18(7-9-19)24-22(27)21-15(3)20(17(5)26)16(4)23-21/h6-9,13-14,23H,10-12H2,1-5H3,(H,24,27)/t13-,14-/m0/s1. The minimum atomic E-state index is -3.57. The zero-order valence-corrected chi connectivity index (χ0v) is 18.9. The summed E-state index contributed by atoms with van der Waals surface area (Å²) < 4.78 is 27.5. The van der Waals surface area contributed by atoms with Crippen LogP contribution in [0.4, 0.5) is 5.69 Å². The first-order chi connectivity index (χ1) is 14.0. The molecular weight excluding hydrogens is 402 g/mol. The smallest absolute Gasteiger partial charge is 0.272 e. The molecular formula is C22H29N3O4S. The van der Waals surface area contributed by atoms with Gasteiger partial charge in [0.05, 0.1) is 4.90 Å². The SMILES string of the molecule is CC(=O)c1c(C)[nH]c(C(=O)Nc2ccc(S(=O)(=O)N3C[C@@H](C)C[C@H](C)C3)cc2)c1C. The van der Waals surface area contributed by atoms with Crippen molar-refractivity contribution in [1.29, 1.82) is 0 Å². The normalized spacial score (nSPS) is 20.2. The van der Waals surface area contributed by atoms with Crippen molar-refractivity contribution in [2.24, 2.45) is 11.8 Å². The molecule has 162 valence electrons. The second-order valence-electron chi connectivity index (χ2n) is 8.43. The van der Waals surface area contributed by atoms with E-state index in [4.69, 9.17) is 0 Å². The molecule has 0 spiro atoms. The van der Waals surface area contributed by atoms with Gasteiger partial charge in [-0.15, -0.1) is 0 Å². The molecule has 30 heavy (non-hydrogen) atoms.